The molecule has 0 aromatic rings. The maximum atomic E-state index is 15.3. The summed E-state index contributed by atoms with van der Waals surface area (Å²) in [4.78, 5) is 14.0. The van der Waals surface area contributed by atoms with Crippen LogP contribution in [0.4, 0.5) is 8.78 Å². The van der Waals surface area contributed by atoms with Crippen molar-refractivity contribution in [2.24, 2.45) is 65.1 Å². The third-order valence-corrected chi connectivity index (χ3v) is 18.1. The van der Waals surface area contributed by atoms with Crippen molar-refractivity contribution in [1.29, 1.82) is 21.0 Å². The maximum absolute atomic E-state index is 15.3. The van der Waals surface area contributed by atoms with Gasteiger partial charge in [-0.15, -0.1) is 23.5 Å². The monoisotopic (exact) mass is 616 g/mol. The lowest BCUT2D eigenvalue weighted by atomic mass is 9.66. The van der Waals surface area contributed by atoms with Gasteiger partial charge < -0.3 is 0 Å². The molecular weight excluding hydrogens is 587 g/mol. The molecule has 0 N–H and O–H groups in total. The zero-order chi connectivity index (χ0) is 27.9. The quantitative estimate of drug-likeness (QED) is 0.378. The van der Waals surface area contributed by atoms with E-state index in [0.29, 0.717) is 31.5 Å². The fraction of sp³-hybridized carbons (Fsp3) is 0.828. The van der Waals surface area contributed by atoms with Crippen molar-refractivity contribution in [2.45, 2.75) is 69.4 Å². The first-order chi connectivity index (χ1) is 19.4. The molecule has 0 amide bonds. The number of alkyl halides is 2. The molecule has 7 aliphatic rings. The summed E-state index contributed by atoms with van der Waals surface area (Å²) in [5.41, 5.74) is -2.06. The Bertz CT molecular complexity index is 1240. The number of hydrogen-bond donors (Lipinski definition) is 0. The van der Waals surface area contributed by atoms with Crippen LogP contribution in [-0.4, -0.2) is 48.8 Å². The second-order valence-electron chi connectivity index (χ2n) is 12.8. The first kappa shape index (κ1) is 27.7. The fourth-order valence-corrected chi connectivity index (χ4v) is 17.3. The van der Waals surface area contributed by atoms with Gasteiger partial charge in [0.1, 0.15) is 16.8 Å². The minimum absolute atomic E-state index is 0.0123. The largest absolute Gasteiger partial charge is 0.299 e. The van der Waals surface area contributed by atoms with Crippen molar-refractivity contribution in [3.05, 3.63) is 0 Å². The van der Waals surface area contributed by atoms with Crippen LogP contribution in [-0.2, 0) is 4.79 Å². The van der Waals surface area contributed by atoms with Crippen LogP contribution in [0.1, 0.15) is 32.1 Å². The SMILES string of the molecule is N#CC1CC2C(F)SC(C3CC4C(=O)C5C(C6SC(F)C7CC(C#N)C(C#N)CC76)CSC5C4S3)C2CC1C#N. The van der Waals surface area contributed by atoms with E-state index in [-0.39, 0.29) is 79.5 Å². The lowest BCUT2D eigenvalue weighted by Gasteiger charge is -2.37. The van der Waals surface area contributed by atoms with E-state index < -0.39 is 22.8 Å². The Balaban J connectivity index is 1.06. The third kappa shape index (κ3) is 4.08. The molecule has 4 heterocycles. The lowest BCUT2D eigenvalue weighted by Crippen LogP contribution is -2.39. The van der Waals surface area contributed by atoms with Gasteiger partial charge in [-0.1, -0.05) is 0 Å². The van der Waals surface area contributed by atoms with E-state index in [4.69, 9.17) is 0 Å². The summed E-state index contributed by atoms with van der Waals surface area (Å²) in [7, 11) is 0. The highest BCUT2D eigenvalue weighted by atomic mass is 32.2. The van der Waals surface area contributed by atoms with E-state index >= 15 is 8.78 Å². The van der Waals surface area contributed by atoms with Crippen molar-refractivity contribution in [2.75, 3.05) is 5.75 Å². The van der Waals surface area contributed by atoms with Gasteiger partial charge in [0, 0.05) is 49.9 Å². The van der Waals surface area contributed by atoms with E-state index in [0.717, 1.165) is 12.2 Å². The number of ketones is 1. The number of halogens is 2. The van der Waals surface area contributed by atoms with E-state index in [1.165, 1.54) is 23.5 Å². The van der Waals surface area contributed by atoms with E-state index in [2.05, 4.69) is 24.3 Å². The first-order valence-electron chi connectivity index (χ1n) is 14.4. The van der Waals surface area contributed by atoms with Crippen LogP contribution in [0, 0.1) is 110 Å². The van der Waals surface area contributed by atoms with Gasteiger partial charge in [-0.2, -0.15) is 44.6 Å². The van der Waals surface area contributed by atoms with Crippen LogP contribution < -0.4 is 0 Å². The molecule has 0 spiro atoms. The molecule has 5 nitrogen and oxygen atoms in total. The molecule has 0 aromatic carbocycles. The molecule has 0 radical (unpaired) electrons. The molecule has 11 heteroatoms. The number of nitriles is 4. The van der Waals surface area contributed by atoms with Gasteiger partial charge in [0.2, 0.25) is 0 Å². The highest BCUT2D eigenvalue weighted by Gasteiger charge is 2.65. The summed E-state index contributed by atoms with van der Waals surface area (Å²) < 4.78 is 30.5. The van der Waals surface area contributed by atoms with Crippen LogP contribution in [0.5, 0.6) is 0 Å². The summed E-state index contributed by atoms with van der Waals surface area (Å²) in [6, 6.07) is 9.09. The average Bonchev–Trinajstić information content (AvgIpc) is 3.76. The number of thioether (sulfide) groups is 4. The number of hydrogen-bond acceptors (Lipinski definition) is 9. The van der Waals surface area contributed by atoms with Gasteiger partial charge in [0.25, 0.3) is 0 Å². The van der Waals surface area contributed by atoms with E-state index in [9.17, 15) is 25.8 Å². The molecule has 0 aromatic heterocycles. The molecule has 4 saturated heterocycles. The zero-order valence-corrected chi connectivity index (χ0v) is 25.0. The highest BCUT2D eigenvalue weighted by Crippen LogP contribution is 2.65. The Labute approximate surface area is 250 Å². The lowest BCUT2D eigenvalue weighted by molar-refractivity contribution is -0.125. The number of Topliss-reactive ketones (excluding diaryl/α,β-unsaturated/α-hetero) is 1. The molecule has 4 aliphatic heterocycles. The molecule has 3 aliphatic carbocycles. The van der Waals surface area contributed by atoms with Gasteiger partial charge in [0.05, 0.1) is 47.9 Å². The van der Waals surface area contributed by atoms with Gasteiger partial charge in [0.15, 0.2) is 0 Å². The Kier molecular flexibility index (Phi) is 7.31. The van der Waals surface area contributed by atoms with Gasteiger partial charge >= 0.3 is 0 Å². The predicted octanol–water partition coefficient (Wildman–Crippen LogP) is 5.84. The Morgan fingerprint density at radius 3 is 1.65 bits per heavy atom. The number of carbonyl (C=O) groups is 1. The topological polar surface area (TPSA) is 112 Å². The molecule has 18 atom stereocenters. The van der Waals surface area contributed by atoms with Crippen LogP contribution in [0.3, 0.4) is 0 Å². The van der Waals surface area contributed by atoms with Crippen LogP contribution >= 0.6 is 47.0 Å². The smallest absolute Gasteiger partial charge is 0.149 e. The minimum Gasteiger partial charge on any atom is -0.299 e. The molecule has 3 saturated carbocycles. The normalized spacial score (nSPS) is 56.2. The number of carbonyl (C=O) groups excluding carboxylic acids is 1. The molecule has 7 fully saturated rings. The summed E-state index contributed by atoms with van der Waals surface area (Å²) in [5.74, 6) is -0.709. The molecule has 210 valence electrons. The van der Waals surface area contributed by atoms with Crippen molar-refractivity contribution in [3.8, 4) is 24.3 Å². The molecule has 7 rings (SSSR count). The molecule has 40 heavy (non-hydrogen) atoms. The van der Waals surface area contributed by atoms with Crippen molar-refractivity contribution >= 4 is 52.8 Å². The van der Waals surface area contributed by atoms with Gasteiger partial charge in [-0.05, 0) is 55.6 Å². The zero-order valence-electron chi connectivity index (χ0n) is 21.7. The summed E-state index contributed by atoms with van der Waals surface area (Å²) in [5, 5.41) is 39.0. The first-order valence-corrected chi connectivity index (χ1v) is 18.2. The second-order valence-corrected chi connectivity index (χ2v) is 18.0. The van der Waals surface area contributed by atoms with Crippen LogP contribution in [0.2, 0.25) is 0 Å². The summed E-state index contributed by atoms with van der Waals surface area (Å²) >= 11 is 6.47. The summed E-state index contributed by atoms with van der Waals surface area (Å²) in [6.07, 6.45) is 2.76. The van der Waals surface area contributed by atoms with Crippen molar-refractivity contribution in [1.82, 2.24) is 0 Å². The number of fused-ring (bicyclic) bond motifs is 5. The average molecular weight is 617 g/mol. The molecule has 0 bridgehead atoms. The van der Waals surface area contributed by atoms with Gasteiger partial charge in [-0.3, -0.25) is 4.79 Å². The van der Waals surface area contributed by atoms with Crippen molar-refractivity contribution < 1.29 is 13.6 Å². The molecule has 18 unspecified atom stereocenters. The summed E-state index contributed by atoms with van der Waals surface area (Å²) in [6.45, 7) is 0. The third-order valence-electron chi connectivity index (χ3n) is 11.2. The Morgan fingerprint density at radius 1 is 0.600 bits per heavy atom. The highest BCUT2D eigenvalue weighted by molar-refractivity contribution is 8.06. The van der Waals surface area contributed by atoms with Crippen LogP contribution in [0.15, 0.2) is 0 Å². The Hall–Kier alpha value is -1.11. The van der Waals surface area contributed by atoms with Crippen LogP contribution in [0.25, 0.3) is 0 Å². The fourth-order valence-electron chi connectivity index (χ4n) is 9.37. The maximum Gasteiger partial charge on any atom is 0.149 e. The number of rotatable bonds is 2. The van der Waals surface area contributed by atoms with Crippen molar-refractivity contribution in [3.63, 3.8) is 0 Å². The van der Waals surface area contributed by atoms with Gasteiger partial charge in [-0.25, -0.2) is 8.78 Å². The predicted molar refractivity (Wildman–Crippen MR) is 153 cm³/mol. The second kappa shape index (κ2) is 10.6. The number of nitrogens with zero attached hydrogens (tertiary/aromatic N) is 4. The minimum atomic E-state index is -1.04. The van der Waals surface area contributed by atoms with E-state index in [1.54, 1.807) is 0 Å². The Morgan fingerprint density at radius 2 is 1.10 bits per heavy atom. The van der Waals surface area contributed by atoms with E-state index in [1.807, 2.05) is 23.5 Å². The standard InChI is InChI=1S/C29H30F2N4OS4/c30-28-17-3-13(8-34)11(6-32)1-15(17)24(39-28)20-10-37-27-22(20)23(36)19-5-21(38-26(19)27)25-16-2-12(7-33)14(9-35)4-18(16)29(31)40-25/h11-22,24-29H,1-5,10H2. The molecular formula is C29H30F2N4OS4.